The Morgan fingerprint density at radius 3 is 2.55 bits per heavy atom. The molecule has 0 spiro atoms. The van der Waals surface area contributed by atoms with E-state index in [0.29, 0.717) is 0 Å². The molecule has 0 bridgehead atoms. The summed E-state index contributed by atoms with van der Waals surface area (Å²) in [4.78, 5) is 14.6. The number of nitrogens with one attached hydrogen (secondary N) is 1. The summed E-state index contributed by atoms with van der Waals surface area (Å²) in [6, 6.07) is 13.5. The lowest BCUT2D eigenvalue weighted by molar-refractivity contribution is -0.136. The third kappa shape index (κ3) is 2.44. The zero-order valence-electron chi connectivity index (χ0n) is 12.5. The van der Waals surface area contributed by atoms with Crippen LogP contribution in [0.3, 0.4) is 0 Å². The quantitative estimate of drug-likeness (QED) is 0.770. The second-order valence-electron chi connectivity index (χ2n) is 5.28. The molecule has 3 aromatic rings. The summed E-state index contributed by atoms with van der Waals surface area (Å²) in [5.74, 6) is -0.0620. The molecule has 0 saturated heterocycles. The van der Waals surface area contributed by atoms with Crippen LogP contribution in [0.5, 0.6) is 5.75 Å². The molecule has 1 heterocycles. The molecule has 2 aromatic carbocycles. The van der Waals surface area contributed by atoms with Gasteiger partial charge in [0.2, 0.25) is 0 Å². The van der Waals surface area contributed by atoms with Gasteiger partial charge in [0.25, 0.3) is 0 Å². The highest BCUT2D eigenvalue weighted by atomic mass is 16.5. The molecule has 22 heavy (non-hydrogen) atoms. The summed E-state index contributed by atoms with van der Waals surface area (Å²) in [7, 11) is 1.62. The fourth-order valence-electron chi connectivity index (χ4n) is 2.76. The molecule has 2 N–H and O–H groups in total. The van der Waals surface area contributed by atoms with Crippen LogP contribution in [0.4, 0.5) is 0 Å². The average Bonchev–Trinajstić information content (AvgIpc) is 2.87. The van der Waals surface area contributed by atoms with Crippen LogP contribution in [0.2, 0.25) is 0 Å². The van der Waals surface area contributed by atoms with Gasteiger partial charge in [0, 0.05) is 10.9 Å². The Bertz CT molecular complexity index is 831. The number of aromatic amines is 1. The summed E-state index contributed by atoms with van der Waals surface area (Å²) in [5.41, 5.74) is 4.71. The number of rotatable bonds is 4. The normalized spacial score (nSPS) is 10.8. The van der Waals surface area contributed by atoms with Gasteiger partial charge in [-0.05, 0) is 47.9 Å². The molecule has 112 valence electrons. The molecular formula is C18H17NO3. The van der Waals surface area contributed by atoms with Crippen molar-refractivity contribution < 1.29 is 14.6 Å². The number of carboxylic acids is 1. The molecule has 1 aromatic heterocycles. The lowest BCUT2D eigenvalue weighted by atomic mass is 10.0. The fraction of sp³-hybridized carbons (Fsp3) is 0.167. The number of fused-ring (bicyclic) bond motifs is 1. The molecule has 0 fully saturated rings. The van der Waals surface area contributed by atoms with E-state index in [4.69, 9.17) is 4.74 Å². The largest absolute Gasteiger partial charge is 0.497 e. The first-order valence-electron chi connectivity index (χ1n) is 7.06. The Kier molecular flexibility index (Phi) is 3.59. The Morgan fingerprint density at radius 2 is 1.91 bits per heavy atom. The summed E-state index contributed by atoms with van der Waals surface area (Å²) in [6.45, 7) is 2.02. The van der Waals surface area contributed by atoms with Gasteiger partial charge in [-0.3, -0.25) is 4.79 Å². The van der Waals surface area contributed by atoms with Gasteiger partial charge < -0.3 is 14.8 Å². The van der Waals surface area contributed by atoms with Crippen LogP contribution >= 0.6 is 0 Å². The minimum atomic E-state index is -0.836. The van der Waals surface area contributed by atoms with Crippen molar-refractivity contribution in [3.8, 4) is 17.0 Å². The SMILES string of the molecule is COc1ccc(-c2[nH]c3c(C)cccc3c2CC(=O)O)cc1. The summed E-state index contributed by atoms with van der Waals surface area (Å²) in [5, 5.41) is 10.2. The van der Waals surface area contributed by atoms with Crippen molar-refractivity contribution in [1.29, 1.82) is 0 Å². The van der Waals surface area contributed by atoms with E-state index < -0.39 is 5.97 Å². The lowest BCUT2D eigenvalue weighted by Gasteiger charge is -2.04. The van der Waals surface area contributed by atoms with E-state index in [0.717, 1.165) is 39.0 Å². The van der Waals surface area contributed by atoms with Gasteiger partial charge in [0.15, 0.2) is 0 Å². The lowest BCUT2D eigenvalue weighted by Crippen LogP contribution is -2.00. The average molecular weight is 295 g/mol. The number of hydrogen-bond acceptors (Lipinski definition) is 2. The smallest absolute Gasteiger partial charge is 0.307 e. The second kappa shape index (κ2) is 5.56. The highest BCUT2D eigenvalue weighted by Gasteiger charge is 2.16. The summed E-state index contributed by atoms with van der Waals surface area (Å²) < 4.78 is 5.17. The molecule has 0 amide bonds. The van der Waals surface area contributed by atoms with E-state index >= 15 is 0 Å². The number of para-hydroxylation sites is 1. The van der Waals surface area contributed by atoms with Crippen LogP contribution in [-0.4, -0.2) is 23.2 Å². The van der Waals surface area contributed by atoms with Crippen LogP contribution in [0, 0.1) is 6.92 Å². The van der Waals surface area contributed by atoms with Crippen molar-refractivity contribution >= 4 is 16.9 Å². The first-order valence-corrected chi connectivity index (χ1v) is 7.06. The standard InChI is InChI=1S/C18H17NO3/c1-11-4-3-5-14-15(10-16(20)21)18(19-17(11)14)12-6-8-13(22-2)9-7-12/h3-9,19H,10H2,1-2H3,(H,20,21). The van der Waals surface area contributed by atoms with Crippen LogP contribution < -0.4 is 4.74 Å². The third-order valence-electron chi connectivity index (χ3n) is 3.86. The Balaban J connectivity index is 2.22. The van der Waals surface area contributed by atoms with E-state index in [1.54, 1.807) is 7.11 Å². The Morgan fingerprint density at radius 1 is 1.18 bits per heavy atom. The van der Waals surface area contributed by atoms with Crippen molar-refractivity contribution in [2.24, 2.45) is 0 Å². The summed E-state index contributed by atoms with van der Waals surface area (Å²) >= 11 is 0. The van der Waals surface area contributed by atoms with Gasteiger partial charge in [0.1, 0.15) is 5.75 Å². The van der Waals surface area contributed by atoms with Crippen molar-refractivity contribution in [2.75, 3.05) is 7.11 Å². The van der Waals surface area contributed by atoms with E-state index in [1.165, 1.54) is 0 Å². The molecule has 0 aliphatic heterocycles. The number of methoxy groups -OCH3 is 1. The number of carboxylic acid groups (broad SMARTS) is 1. The van der Waals surface area contributed by atoms with Gasteiger partial charge in [-0.15, -0.1) is 0 Å². The topological polar surface area (TPSA) is 62.3 Å². The monoisotopic (exact) mass is 295 g/mol. The predicted molar refractivity (Wildman–Crippen MR) is 86.4 cm³/mol. The number of aliphatic carboxylic acids is 1. The molecule has 0 aliphatic rings. The molecule has 0 aliphatic carbocycles. The molecule has 4 nitrogen and oxygen atoms in total. The summed E-state index contributed by atoms with van der Waals surface area (Å²) in [6.07, 6.45) is -0.00911. The van der Waals surface area contributed by atoms with Crippen LogP contribution in [-0.2, 0) is 11.2 Å². The van der Waals surface area contributed by atoms with Crippen LogP contribution in [0.1, 0.15) is 11.1 Å². The minimum Gasteiger partial charge on any atom is -0.497 e. The molecule has 3 rings (SSSR count). The number of carbonyl (C=O) groups is 1. The molecular weight excluding hydrogens is 278 g/mol. The van der Waals surface area contributed by atoms with Crippen molar-refractivity contribution in [2.45, 2.75) is 13.3 Å². The van der Waals surface area contributed by atoms with Gasteiger partial charge in [0.05, 0.1) is 19.2 Å². The number of H-pyrrole nitrogens is 1. The van der Waals surface area contributed by atoms with Crippen LogP contribution in [0.25, 0.3) is 22.2 Å². The number of benzene rings is 2. The highest BCUT2D eigenvalue weighted by molar-refractivity contribution is 5.95. The van der Waals surface area contributed by atoms with Crippen molar-refractivity contribution in [3.63, 3.8) is 0 Å². The zero-order chi connectivity index (χ0) is 15.7. The van der Waals surface area contributed by atoms with E-state index in [2.05, 4.69) is 4.98 Å². The van der Waals surface area contributed by atoms with E-state index in [1.807, 2.05) is 49.4 Å². The maximum Gasteiger partial charge on any atom is 0.307 e. The number of aromatic nitrogens is 1. The fourth-order valence-corrected chi connectivity index (χ4v) is 2.76. The van der Waals surface area contributed by atoms with E-state index in [9.17, 15) is 9.90 Å². The first-order chi connectivity index (χ1) is 10.6. The van der Waals surface area contributed by atoms with Crippen molar-refractivity contribution in [1.82, 2.24) is 4.98 Å². The molecule has 0 atom stereocenters. The van der Waals surface area contributed by atoms with Gasteiger partial charge in [-0.1, -0.05) is 18.2 Å². The van der Waals surface area contributed by atoms with Crippen LogP contribution in [0.15, 0.2) is 42.5 Å². The maximum absolute atomic E-state index is 11.2. The Hall–Kier alpha value is -2.75. The number of hydrogen-bond donors (Lipinski definition) is 2. The minimum absolute atomic E-state index is 0.00911. The predicted octanol–water partition coefficient (Wildman–Crippen LogP) is 3.78. The highest BCUT2D eigenvalue weighted by Crippen LogP contribution is 2.33. The van der Waals surface area contributed by atoms with Gasteiger partial charge in [-0.2, -0.15) is 0 Å². The third-order valence-corrected chi connectivity index (χ3v) is 3.86. The number of ether oxygens (including phenoxy) is 1. The van der Waals surface area contributed by atoms with Crippen molar-refractivity contribution in [3.05, 3.63) is 53.6 Å². The molecule has 0 saturated carbocycles. The van der Waals surface area contributed by atoms with E-state index in [-0.39, 0.29) is 6.42 Å². The van der Waals surface area contributed by atoms with Gasteiger partial charge >= 0.3 is 5.97 Å². The maximum atomic E-state index is 11.2. The Labute approximate surface area is 128 Å². The van der Waals surface area contributed by atoms with Gasteiger partial charge in [-0.25, -0.2) is 0 Å². The molecule has 4 heteroatoms. The second-order valence-corrected chi connectivity index (χ2v) is 5.28. The molecule has 0 unspecified atom stereocenters. The zero-order valence-corrected chi connectivity index (χ0v) is 12.5. The molecule has 0 radical (unpaired) electrons. The first kappa shape index (κ1) is 14.2. The number of aryl methyl sites for hydroxylation is 1.